The summed E-state index contributed by atoms with van der Waals surface area (Å²) in [6.07, 6.45) is -4.76. The summed E-state index contributed by atoms with van der Waals surface area (Å²) in [6, 6.07) is 12.5. The summed E-state index contributed by atoms with van der Waals surface area (Å²) in [5, 5.41) is 11.3. The predicted molar refractivity (Wildman–Crippen MR) is 126 cm³/mol. The number of hydrogen-bond donors (Lipinski definition) is 0. The quantitative estimate of drug-likeness (QED) is 0.242. The maximum atomic E-state index is 14.1. The van der Waals surface area contributed by atoms with Crippen molar-refractivity contribution in [2.45, 2.75) is 6.18 Å². The molecule has 0 N–H and O–H groups in total. The molecule has 0 aromatic heterocycles. The fourth-order valence-electron chi connectivity index (χ4n) is 3.97. The summed E-state index contributed by atoms with van der Waals surface area (Å²) in [6.45, 7) is 1.57. The van der Waals surface area contributed by atoms with E-state index in [2.05, 4.69) is 0 Å². The number of rotatable bonds is 6. The number of methoxy groups -OCH3 is 1. The van der Waals surface area contributed by atoms with E-state index in [1.54, 1.807) is 23.1 Å². The van der Waals surface area contributed by atoms with Crippen LogP contribution in [0.5, 0.6) is 17.2 Å². The molecule has 1 amide bonds. The predicted octanol–water partition coefficient (Wildman–Crippen LogP) is 5.52. The highest BCUT2D eigenvalue weighted by Crippen LogP contribution is 2.40. The van der Waals surface area contributed by atoms with Gasteiger partial charge in [-0.05, 0) is 42.5 Å². The summed E-state index contributed by atoms with van der Waals surface area (Å²) >= 11 is 0. The molecule has 3 aromatic rings. The van der Waals surface area contributed by atoms with Crippen LogP contribution in [0.25, 0.3) is 0 Å². The van der Waals surface area contributed by atoms with Gasteiger partial charge in [-0.3, -0.25) is 14.9 Å². The Morgan fingerprint density at radius 2 is 1.62 bits per heavy atom. The second kappa shape index (κ2) is 10.3. The molecule has 0 radical (unpaired) electrons. The normalized spacial score (nSPS) is 13.9. The number of ether oxygens (including phenoxy) is 2. The van der Waals surface area contributed by atoms with Crippen LogP contribution in [0, 0.1) is 15.9 Å². The summed E-state index contributed by atoms with van der Waals surface area (Å²) < 4.78 is 63.8. The molecule has 0 aliphatic carbocycles. The molecule has 0 bridgehead atoms. The van der Waals surface area contributed by atoms with Gasteiger partial charge >= 0.3 is 11.9 Å². The number of alkyl halides is 3. The van der Waals surface area contributed by atoms with E-state index in [1.165, 1.54) is 31.4 Å². The highest BCUT2D eigenvalue weighted by atomic mass is 19.4. The van der Waals surface area contributed by atoms with E-state index < -0.39 is 28.1 Å². The molecule has 0 spiro atoms. The standard InChI is InChI=1S/C25H21F4N3O5/c1-36-23-14-16(24(33)31-12-10-30(11-13-31)19-5-3-2-4-18(19)26)6-8-22(23)37-21-9-7-17(25(27,28)29)15-20(21)32(34)35/h2-9,14-15H,10-13H2,1H3. The van der Waals surface area contributed by atoms with E-state index in [0.29, 0.717) is 44.0 Å². The van der Waals surface area contributed by atoms with Crippen LogP contribution in [0.1, 0.15) is 15.9 Å². The van der Waals surface area contributed by atoms with Gasteiger partial charge in [0.25, 0.3) is 5.91 Å². The van der Waals surface area contributed by atoms with Gasteiger partial charge in [0.15, 0.2) is 11.5 Å². The number of benzene rings is 3. The van der Waals surface area contributed by atoms with Crippen LogP contribution in [-0.2, 0) is 6.18 Å². The number of carbonyl (C=O) groups is 1. The van der Waals surface area contributed by atoms with Crippen molar-refractivity contribution in [1.82, 2.24) is 4.90 Å². The summed E-state index contributed by atoms with van der Waals surface area (Å²) in [5.41, 5.74) is -1.33. The minimum atomic E-state index is -4.76. The fourth-order valence-corrected chi connectivity index (χ4v) is 3.97. The Labute approximate surface area is 208 Å². The van der Waals surface area contributed by atoms with Crippen molar-refractivity contribution in [1.29, 1.82) is 0 Å². The molecule has 0 saturated carbocycles. The number of piperazine rings is 1. The Morgan fingerprint density at radius 3 is 2.24 bits per heavy atom. The number of para-hydroxylation sites is 1. The maximum absolute atomic E-state index is 14.1. The van der Waals surface area contributed by atoms with Crippen molar-refractivity contribution >= 4 is 17.3 Å². The Morgan fingerprint density at radius 1 is 0.946 bits per heavy atom. The van der Waals surface area contributed by atoms with E-state index in [-0.39, 0.29) is 28.8 Å². The first-order chi connectivity index (χ1) is 17.6. The lowest BCUT2D eigenvalue weighted by Crippen LogP contribution is -2.49. The third-order valence-electron chi connectivity index (χ3n) is 5.87. The third kappa shape index (κ3) is 5.57. The zero-order valence-electron chi connectivity index (χ0n) is 19.5. The van der Waals surface area contributed by atoms with Crippen LogP contribution in [0.3, 0.4) is 0 Å². The van der Waals surface area contributed by atoms with Gasteiger partial charge in [-0.2, -0.15) is 13.2 Å². The van der Waals surface area contributed by atoms with Gasteiger partial charge in [0, 0.05) is 37.8 Å². The smallest absolute Gasteiger partial charge is 0.416 e. The lowest BCUT2D eigenvalue weighted by Gasteiger charge is -2.36. The van der Waals surface area contributed by atoms with Crippen LogP contribution in [-0.4, -0.2) is 49.0 Å². The van der Waals surface area contributed by atoms with Gasteiger partial charge in [-0.25, -0.2) is 4.39 Å². The average Bonchev–Trinajstić information content (AvgIpc) is 2.88. The van der Waals surface area contributed by atoms with E-state index in [9.17, 15) is 32.5 Å². The number of nitrogens with zero attached hydrogens (tertiary/aromatic N) is 3. The van der Waals surface area contributed by atoms with E-state index >= 15 is 0 Å². The lowest BCUT2D eigenvalue weighted by molar-refractivity contribution is -0.385. The molecule has 0 unspecified atom stereocenters. The Balaban J connectivity index is 1.50. The largest absolute Gasteiger partial charge is 0.493 e. The number of nitro groups is 1. The molecule has 1 saturated heterocycles. The molecule has 194 valence electrons. The van der Waals surface area contributed by atoms with Crippen molar-refractivity contribution in [3.8, 4) is 17.2 Å². The summed E-state index contributed by atoms with van der Waals surface area (Å²) in [7, 11) is 1.30. The van der Waals surface area contributed by atoms with Gasteiger partial charge in [0.1, 0.15) is 5.82 Å². The second-order valence-electron chi connectivity index (χ2n) is 8.14. The van der Waals surface area contributed by atoms with Crippen molar-refractivity contribution < 1.29 is 36.8 Å². The molecule has 3 aromatic carbocycles. The van der Waals surface area contributed by atoms with Gasteiger partial charge in [0.05, 0.1) is 23.3 Å². The zero-order valence-corrected chi connectivity index (χ0v) is 19.5. The van der Waals surface area contributed by atoms with Crippen LogP contribution < -0.4 is 14.4 Å². The van der Waals surface area contributed by atoms with Crippen LogP contribution in [0.4, 0.5) is 28.9 Å². The zero-order chi connectivity index (χ0) is 26.7. The van der Waals surface area contributed by atoms with Gasteiger partial charge in [-0.1, -0.05) is 12.1 Å². The maximum Gasteiger partial charge on any atom is 0.416 e. The molecule has 4 rings (SSSR count). The Kier molecular flexibility index (Phi) is 7.18. The van der Waals surface area contributed by atoms with E-state index in [0.717, 1.165) is 6.07 Å². The molecule has 37 heavy (non-hydrogen) atoms. The molecular formula is C25H21F4N3O5. The van der Waals surface area contributed by atoms with E-state index in [1.807, 2.05) is 4.90 Å². The molecule has 8 nitrogen and oxygen atoms in total. The monoisotopic (exact) mass is 519 g/mol. The third-order valence-corrected chi connectivity index (χ3v) is 5.87. The topological polar surface area (TPSA) is 85.2 Å². The van der Waals surface area contributed by atoms with Crippen molar-refractivity contribution in [2.24, 2.45) is 0 Å². The highest BCUT2D eigenvalue weighted by Gasteiger charge is 2.33. The van der Waals surface area contributed by atoms with Gasteiger partial charge in [-0.15, -0.1) is 0 Å². The SMILES string of the molecule is COc1cc(C(=O)N2CCN(c3ccccc3F)CC2)ccc1Oc1ccc(C(F)(F)F)cc1[N+](=O)[O-]. The number of hydrogen-bond acceptors (Lipinski definition) is 6. The molecule has 1 aliphatic heterocycles. The molecule has 0 atom stereocenters. The van der Waals surface area contributed by atoms with Crippen LogP contribution in [0.2, 0.25) is 0 Å². The molecular weight excluding hydrogens is 498 g/mol. The number of halogens is 4. The molecule has 12 heteroatoms. The first kappa shape index (κ1) is 25.7. The summed E-state index contributed by atoms with van der Waals surface area (Å²) in [4.78, 5) is 26.9. The number of anilines is 1. The Bertz CT molecular complexity index is 1320. The number of nitro benzene ring substituents is 1. The van der Waals surface area contributed by atoms with Crippen molar-refractivity contribution in [3.63, 3.8) is 0 Å². The number of amides is 1. The first-order valence-electron chi connectivity index (χ1n) is 11.1. The van der Waals surface area contributed by atoms with Crippen molar-refractivity contribution in [3.05, 3.63) is 87.7 Å². The fraction of sp³-hybridized carbons (Fsp3) is 0.240. The molecule has 1 heterocycles. The average molecular weight is 519 g/mol. The minimum absolute atomic E-state index is 0.0220. The summed E-state index contributed by atoms with van der Waals surface area (Å²) in [5.74, 6) is -1.02. The van der Waals surface area contributed by atoms with Crippen molar-refractivity contribution in [2.75, 3.05) is 38.2 Å². The van der Waals surface area contributed by atoms with Crippen LogP contribution in [0.15, 0.2) is 60.7 Å². The number of carbonyl (C=O) groups excluding carboxylic acids is 1. The second-order valence-corrected chi connectivity index (χ2v) is 8.14. The Hall–Kier alpha value is -4.35. The van der Waals surface area contributed by atoms with Gasteiger partial charge < -0.3 is 19.3 Å². The lowest BCUT2D eigenvalue weighted by atomic mass is 10.1. The van der Waals surface area contributed by atoms with Gasteiger partial charge in [0.2, 0.25) is 5.75 Å². The first-order valence-corrected chi connectivity index (χ1v) is 11.1. The molecule has 1 fully saturated rings. The minimum Gasteiger partial charge on any atom is -0.493 e. The van der Waals surface area contributed by atoms with Crippen LogP contribution >= 0.6 is 0 Å². The molecule has 1 aliphatic rings. The van der Waals surface area contributed by atoms with E-state index in [4.69, 9.17) is 9.47 Å². The highest BCUT2D eigenvalue weighted by molar-refractivity contribution is 5.95.